The van der Waals surface area contributed by atoms with Gasteiger partial charge in [-0.25, -0.2) is 0 Å². The predicted octanol–water partition coefficient (Wildman–Crippen LogP) is 2.06. The van der Waals surface area contributed by atoms with Crippen LogP contribution in [0.5, 0.6) is 5.75 Å². The van der Waals surface area contributed by atoms with E-state index < -0.39 is 12.0 Å². The second kappa shape index (κ2) is 6.97. The number of nitrogens with two attached hydrogens (primary N) is 1. The second-order valence-electron chi connectivity index (χ2n) is 6.46. The number of primary amides is 1. The SMILES string of the molecule is Cc1cc2c(cc1C)O[C@@H](C(=O)NCCc1cccc(C(N)=O)c1)C2. The molecule has 0 fully saturated rings. The van der Waals surface area contributed by atoms with E-state index >= 15 is 0 Å². The van der Waals surface area contributed by atoms with Crippen molar-refractivity contribution in [3.8, 4) is 5.75 Å². The van der Waals surface area contributed by atoms with Crippen LogP contribution in [-0.2, 0) is 17.6 Å². The molecule has 0 bridgehead atoms. The fourth-order valence-corrected chi connectivity index (χ4v) is 2.98. The van der Waals surface area contributed by atoms with Crippen LogP contribution in [0.4, 0.5) is 0 Å². The number of aryl methyl sites for hydroxylation is 2. The van der Waals surface area contributed by atoms with E-state index in [1.807, 2.05) is 19.1 Å². The molecule has 0 radical (unpaired) electrons. The molecule has 0 aliphatic carbocycles. The molecule has 0 aromatic heterocycles. The standard InChI is InChI=1S/C20H22N2O3/c1-12-8-16-11-18(25-17(16)9-13(12)2)20(24)22-7-6-14-4-3-5-15(10-14)19(21)23/h3-5,8-10,18H,6-7,11H2,1-2H3,(H2,21,23)(H,22,24)/t18-/m1/s1. The van der Waals surface area contributed by atoms with Crippen molar-refractivity contribution in [1.29, 1.82) is 0 Å². The van der Waals surface area contributed by atoms with Gasteiger partial charge in [0.05, 0.1) is 0 Å². The Kier molecular flexibility index (Phi) is 4.74. The summed E-state index contributed by atoms with van der Waals surface area (Å²) in [4.78, 5) is 23.5. The number of rotatable bonds is 5. The van der Waals surface area contributed by atoms with E-state index in [0.29, 0.717) is 24.9 Å². The lowest BCUT2D eigenvalue weighted by atomic mass is 10.0. The molecule has 5 nitrogen and oxygen atoms in total. The van der Waals surface area contributed by atoms with Gasteiger partial charge < -0.3 is 15.8 Å². The summed E-state index contributed by atoms with van der Waals surface area (Å²) in [7, 11) is 0. The Bertz CT molecular complexity index is 799. The average Bonchev–Trinajstić information content (AvgIpc) is 2.98. The summed E-state index contributed by atoms with van der Waals surface area (Å²) < 4.78 is 5.78. The number of hydrogen-bond donors (Lipinski definition) is 2. The summed E-state index contributed by atoms with van der Waals surface area (Å²) in [6.45, 7) is 4.57. The van der Waals surface area contributed by atoms with Crippen LogP contribution < -0.4 is 15.8 Å². The van der Waals surface area contributed by atoms with Crippen molar-refractivity contribution in [3.05, 3.63) is 64.2 Å². The summed E-state index contributed by atoms with van der Waals surface area (Å²) in [6.07, 6.45) is 0.748. The van der Waals surface area contributed by atoms with E-state index in [9.17, 15) is 9.59 Å². The minimum absolute atomic E-state index is 0.113. The molecule has 25 heavy (non-hydrogen) atoms. The Morgan fingerprint density at radius 3 is 2.72 bits per heavy atom. The van der Waals surface area contributed by atoms with Crippen LogP contribution >= 0.6 is 0 Å². The predicted molar refractivity (Wildman–Crippen MR) is 95.7 cm³/mol. The van der Waals surface area contributed by atoms with Gasteiger partial charge in [0.15, 0.2) is 6.10 Å². The number of nitrogens with one attached hydrogen (secondary N) is 1. The fraction of sp³-hybridized carbons (Fsp3) is 0.300. The third-order valence-corrected chi connectivity index (χ3v) is 4.57. The van der Waals surface area contributed by atoms with Gasteiger partial charge >= 0.3 is 0 Å². The van der Waals surface area contributed by atoms with Crippen molar-refractivity contribution in [1.82, 2.24) is 5.32 Å². The van der Waals surface area contributed by atoms with Crippen molar-refractivity contribution in [2.75, 3.05) is 6.54 Å². The van der Waals surface area contributed by atoms with E-state index in [2.05, 4.69) is 18.3 Å². The number of hydrogen-bond acceptors (Lipinski definition) is 3. The van der Waals surface area contributed by atoms with Gasteiger partial charge in [0, 0.05) is 18.5 Å². The lowest BCUT2D eigenvalue weighted by Crippen LogP contribution is -2.38. The van der Waals surface area contributed by atoms with Crippen molar-refractivity contribution in [2.45, 2.75) is 32.8 Å². The minimum atomic E-state index is -0.479. The average molecular weight is 338 g/mol. The Hall–Kier alpha value is -2.82. The summed E-state index contributed by atoms with van der Waals surface area (Å²) in [5.41, 5.74) is 10.2. The molecule has 0 unspecified atom stereocenters. The highest BCUT2D eigenvalue weighted by Crippen LogP contribution is 2.31. The van der Waals surface area contributed by atoms with Gasteiger partial charge in [-0.15, -0.1) is 0 Å². The first-order chi connectivity index (χ1) is 11.9. The monoisotopic (exact) mass is 338 g/mol. The maximum absolute atomic E-state index is 12.3. The molecule has 2 aromatic carbocycles. The van der Waals surface area contributed by atoms with Gasteiger partial charge in [0.25, 0.3) is 5.91 Å². The highest BCUT2D eigenvalue weighted by Gasteiger charge is 2.29. The van der Waals surface area contributed by atoms with Crippen molar-refractivity contribution < 1.29 is 14.3 Å². The topological polar surface area (TPSA) is 81.4 Å². The van der Waals surface area contributed by atoms with Gasteiger partial charge in [-0.1, -0.05) is 18.2 Å². The van der Waals surface area contributed by atoms with E-state index in [1.54, 1.807) is 18.2 Å². The highest BCUT2D eigenvalue weighted by molar-refractivity contribution is 5.92. The van der Waals surface area contributed by atoms with Gasteiger partial charge in [0.1, 0.15) is 5.75 Å². The van der Waals surface area contributed by atoms with E-state index in [4.69, 9.17) is 10.5 Å². The van der Waals surface area contributed by atoms with Crippen LogP contribution in [0.25, 0.3) is 0 Å². The van der Waals surface area contributed by atoms with Crippen LogP contribution in [0.2, 0.25) is 0 Å². The number of carbonyl (C=O) groups excluding carboxylic acids is 2. The van der Waals surface area contributed by atoms with Crippen molar-refractivity contribution in [2.24, 2.45) is 5.73 Å². The molecule has 1 aliphatic heterocycles. The Labute approximate surface area is 147 Å². The summed E-state index contributed by atoms with van der Waals surface area (Å²) >= 11 is 0. The van der Waals surface area contributed by atoms with Crippen LogP contribution in [0.1, 0.15) is 32.6 Å². The molecule has 130 valence electrons. The zero-order valence-corrected chi connectivity index (χ0v) is 14.5. The van der Waals surface area contributed by atoms with Gasteiger partial charge in [-0.05, 0) is 60.7 Å². The molecular formula is C20H22N2O3. The Morgan fingerprint density at radius 2 is 1.96 bits per heavy atom. The summed E-state index contributed by atoms with van der Waals surface area (Å²) in [6, 6.07) is 11.2. The number of benzene rings is 2. The lowest BCUT2D eigenvalue weighted by Gasteiger charge is -2.11. The molecular weight excluding hydrogens is 316 g/mol. The molecule has 2 aromatic rings. The van der Waals surface area contributed by atoms with Crippen LogP contribution in [0.3, 0.4) is 0 Å². The zero-order chi connectivity index (χ0) is 18.0. The minimum Gasteiger partial charge on any atom is -0.480 e. The molecule has 2 amide bonds. The largest absolute Gasteiger partial charge is 0.480 e. The molecule has 0 saturated carbocycles. The number of ether oxygens (including phenoxy) is 1. The Morgan fingerprint density at radius 1 is 1.20 bits per heavy atom. The fourth-order valence-electron chi connectivity index (χ4n) is 2.98. The van der Waals surface area contributed by atoms with Gasteiger partial charge in [-0.3, -0.25) is 9.59 Å². The first kappa shape index (κ1) is 17.0. The van der Waals surface area contributed by atoms with Crippen LogP contribution in [0.15, 0.2) is 36.4 Å². The van der Waals surface area contributed by atoms with Gasteiger partial charge in [-0.2, -0.15) is 0 Å². The molecule has 3 rings (SSSR count). The quantitative estimate of drug-likeness (QED) is 0.875. The molecule has 1 aliphatic rings. The van der Waals surface area contributed by atoms with E-state index in [0.717, 1.165) is 22.4 Å². The number of amides is 2. The molecule has 3 N–H and O–H groups in total. The molecule has 5 heteroatoms. The summed E-state index contributed by atoms with van der Waals surface area (Å²) in [5.74, 6) is 0.239. The third kappa shape index (κ3) is 3.82. The first-order valence-corrected chi connectivity index (χ1v) is 8.37. The Balaban J connectivity index is 1.54. The first-order valence-electron chi connectivity index (χ1n) is 8.37. The normalized spacial score (nSPS) is 15.4. The number of carbonyl (C=O) groups is 2. The zero-order valence-electron chi connectivity index (χ0n) is 14.5. The van der Waals surface area contributed by atoms with E-state index in [-0.39, 0.29) is 5.91 Å². The van der Waals surface area contributed by atoms with Gasteiger partial charge in [0.2, 0.25) is 5.91 Å². The van der Waals surface area contributed by atoms with Crippen LogP contribution in [0, 0.1) is 13.8 Å². The second-order valence-corrected chi connectivity index (χ2v) is 6.46. The maximum atomic E-state index is 12.3. The lowest BCUT2D eigenvalue weighted by molar-refractivity contribution is -0.127. The van der Waals surface area contributed by atoms with Crippen molar-refractivity contribution in [3.63, 3.8) is 0 Å². The maximum Gasteiger partial charge on any atom is 0.261 e. The van der Waals surface area contributed by atoms with E-state index in [1.165, 1.54) is 5.56 Å². The molecule has 0 spiro atoms. The molecule has 0 saturated heterocycles. The smallest absolute Gasteiger partial charge is 0.261 e. The summed E-state index contributed by atoms with van der Waals surface area (Å²) in [5, 5.41) is 2.91. The highest BCUT2D eigenvalue weighted by atomic mass is 16.5. The molecule has 1 atom stereocenters. The number of fused-ring (bicyclic) bond motifs is 1. The van der Waals surface area contributed by atoms with Crippen molar-refractivity contribution >= 4 is 11.8 Å². The van der Waals surface area contributed by atoms with Crippen LogP contribution in [-0.4, -0.2) is 24.5 Å². The molecule has 1 heterocycles. The third-order valence-electron chi connectivity index (χ3n) is 4.57.